The third kappa shape index (κ3) is 13.2. The van der Waals surface area contributed by atoms with Crippen molar-refractivity contribution >= 4 is 30.5 Å². The number of rotatable bonds is 31. The van der Waals surface area contributed by atoms with E-state index in [4.69, 9.17) is 44.0 Å². The first-order valence-corrected chi connectivity index (χ1v) is 26.7. The van der Waals surface area contributed by atoms with Gasteiger partial charge in [0.05, 0.1) is 44.4 Å². The smallest absolute Gasteiger partial charge is 0.387 e. The number of aliphatic hydroxyl groups is 4. The molecule has 0 amide bonds. The van der Waals surface area contributed by atoms with E-state index in [0.29, 0.717) is 17.6 Å². The van der Waals surface area contributed by atoms with Crippen LogP contribution in [-0.2, 0) is 54.9 Å². The van der Waals surface area contributed by atoms with Crippen LogP contribution in [0, 0.1) is 22.7 Å². The van der Waals surface area contributed by atoms with Crippen LogP contribution in [0.25, 0.3) is 11.0 Å². The molecule has 0 radical (unpaired) electrons. The quantitative estimate of drug-likeness (QED) is 0.0234. The molecule has 5 aromatic rings. The van der Waals surface area contributed by atoms with Crippen molar-refractivity contribution in [3.05, 3.63) is 84.2 Å². The molecule has 9 atom stereocenters. The van der Waals surface area contributed by atoms with Crippen molar-refractivity contribution in [2.45, 2.75) is 157 Å². The van der Waals surface area contributed by atoms with Crippen molar-refractivity contribution in [2.75, 3.05) is 44.5 Å². The normalized spacial score (nSPS) is 24.6. The van der Waals surface area contributed by atoms with Crippen molar-refractivity contribution in [1.82, 2.24) is 29.2 Å². The molecule has 6 heterocycles. The van der Waals surface area contributed by atoms with E-state index in [0.717, 1.165) is 37.5 Å². The molecule has 4 aromatic heterocycles. The van der Waals surface area contributed by atoms with Gasteiger partial charge in [0.15, 0.2) is 11.6 Å². The minimum atomic E-state index is -4.89. The number of nitrogens with two attached hydrogens (primary N) is 2. The molecule has 0 saturated carbocycles. The van der Waals surface area contributed by atoms with Crippen LogP contribution in [-0.4, -0.2) is 125 Å². The van der Waals surface area contributed by atoms with Gasteiger partial charge in [0, 0.05) is 6.61 Å². The van der Waals surface area contributed by atoms with Crippen LogP contribution in [0.15, 0.2) is 67.3 Å². The second-order valence-electron chi connectivity index (χ2n) is 18.6. The number of hydrogen-bond donors (Lipinski definition) is 6. The molecule has 2 saturated heterocycles. The number of fused-ring (bicyclic) bond motifs is 2. The molecule has 2 aliphatic heterocycles. The molecule has 0 unspecified atom stereocenters. The minimum Gasteiger partial charge on any atom is -0.387 e. The average Bonchev–Trinajstić information content (AvgIpc) is 4.17. The number of nitrogen functional groups attached to an aromatic ring is 2. The van der Waals surface area contributed by atoms with Crippen LogP contribution in [0.2, 0.25) is 0 Å². The monoisotopic (exact) mass is 1030 g/mol. The topological polar surface area (TPSA) is 323 Å². The van der Waals surface area contributed by atoms with Crippen LogP contribution in [0.3, 0.4) is 0 Å². The van der Waals surface area contributed by atoms with Gasteiger partial charge in [0.25, 0.3) is 0 Å². The number of hydrogen-bond acceptors (Lipinski definition) is 20. The number of anilines is 2. The highest BCUT2D eigenvalue weighted by molar-refractivity contribution is 7.48. The fraction of sp³-hybridized carbons (Fsp3) is 0.600. The molecule has 2 aliphatic rings. The van der Waals surface area contributed by atoms with Crippen LogP contribution < -0.4 is 11.5 Å². The predicted octanol–water partition coefficient (Wildman–Crippen LogP) is 5.56. The van der Waals surface area contributed by atoms with Crippen molar-refractivity contribution in [2.24, 2.45) is 0 Å². The highest BCUT2D eigenvalue weighted by atomic mass is 31.2. The Hall–Kier alpha value is -5.17. The summed E-state index contributed by atoms with van der Waals surface area (Å²) in [4.78, 5) is 7.91. The molecule has 8 N–H and O–H groups in total. The van der Waals surface area contributed by atoms with Gasteiger partial charge in [-0.3, -0.25) is 13.6 Å². The van der Waals surface area contributed by atoms with Gasteiger partial charge in [0.1, 0.15) is 78.6 Å². The molecular formula is C50H69N10O12P. The van der Waals surface area contributed by atoms with Gasteiger partial charge in [-0.2, -0.15) is 20.7 Å². The van der Waals surface area contributed by atoms with Crippen molar-refractivity contribution in [1.29, 1.82) is 10.5 Å². The molecule has 7 rings (SSSR count). The largest absolute Gasteiger partial charge is 0.475 e. The number of aliphatic hydroxyl groups excluding tert-OH is 4. The summed E-state index contributed by atoms with van der Waals surface area (Å²) in [6, 6.07) is 19.2. The first-order chi connectivity index (χ1) is 35.4. The Morgan fingerprint density at radius 3 is 1.60 bits per heavy atom. The third-order valence-electron chi connectivity index (χ3n) is 13.5. The number of phosphoric ester groups is 1. The summed E-state index contributed by atoms with van der Waals surface area (Å²) in [7, 11) is -4.89. The lowest BCUT2D eigenvalue weighted by Gasteiger charge is -2.26. The standard InChI is InChI=1S/C50H69N10O12P/c1-2-3-4-5-6-7-8-9-10-11-12-13-14-18-25-66-27-36(67-26-35-19-16-15-17-20-35)28-68-73(65,69-29-39-43(61)45(63)49(31-51,71-39)41-23-21-37-47(53)55-33-57-59(37)41)70-30-40-44(62)46(64)50(32-52,72-40)42-24-22-38-48(54)56-34-58-60(38)42/h15-17,19-24,33-34,36,39-40,43-46,61-64H,2-14,18,25-30H2,1H3,(H2,53,55,57)(H2,54,56,58)/t36-,39-,40-,43-,44-,45-,46-,49+,50+/m1/s1. The maximum Gasteiger partial charge on any atom is 0.475 e. The number of aromatic nitrogens is 6. The molecule has 2 fully saturated rings. The van der Waals surface area contributed by atoms with Gasteiger partial charge in [0.2, 0.25) is 11.2 Å². The zero-order valence-corrected chi connectivity index (χ0v) is 42.2. The number of nitriles is 2. The third-order valence-corrected chi connectivity index (χ3v) is 14.9. The molecule has 73 heavy (non-hydrogen) atoms. The lowest BCUT2D eigenvalue weighted by Crippen LogP contribution is -2.41. The zero-order valence-electron chi connectivity index (χ0n) is 41.3. The summed E-state index contributed by atoms with van der Waals surface area (Å²) >= 11 is 0. The van der Waals surface area contributed by atoms with E-state index < -0.39 is 81.6 Å². The summed E-state index contributed by atoms with van der Waals surface area (Å²) in [5.41, 5.74) is 9.11. The summed E-state index contributed by atoms with van der Waals surface area (Å²) in [5.74, 6) is 0.167. The molecule has 23 heteroatoms. The van der Waals surface area contributed by atoms with Gasteiger partial charge in [-0.05, 0) is 36.2 Å². The van der Waals surface area contributed by atoms with Crippen molar-refractivity contribution in [3.8, 4) is 12.1 Å². The van der Waals surface area contributed by atoms with Crippen molar-refractivity contribution < 1.29 is 57.5 Å². The van der Waals surface area contributed by atoms with Gasteiger partial charge in [-0.15, -0.1) is 0 Å². The van der Waals surface area contributed by atoms with Crippen LogP contribution >= 0.6 is 7.82 Å². The second kappa shape index (κ2) is 26.4. The zero-order chi connectivity index (χ0) is 51.9. The molecule has 0 spiro atoms. The highest BCUT2D eigenvalue weighted by Crippen LogP contribution is 2.52. The van der Waals surface area contributed by atoms with E-state index in [1.807, 2.05) is 42.5 Å². The highest BCUT2D eigenvalue weighted by Gasteiger charge is 2.59. The maximum atomic E-state index is 14.9. The minimum absolute atomic E-state index is 0.0214. The van der Waals surface area contributed by atoms with E-state index in [9.17, 15) is 35.5 Å². The SMILES string of the molecule is CCCCCCCCCCCCCCCCOC[C@H](COP(=O)(OC[C@H]1O[C@@](C#N)(c2ccc3c(N)ncnn23)[C@H](O)[C@@H]1O)OC[C@H]1O[C@@](C#N)(c2ccc3c(N)ncnn23)[C@H](O)[C@@H]1O)OCc1ccccc1. The Kier molecular flexibility index (Phi) is 20.1. The Morgan fingerprint density at radius 1 is 0.671 bits per heavy atom. The number of nitrogens with zero attached hydrogens (tertiary/aromatic N) is 8. The Bertz CT molecular complexity index is 2520. The summed E-state index contributed by atoms with van der Waals surface area (Å²) in [5, 5.41) is 74.8. The van der Waals surface area contributed by atoms with E-state index >= 15 is 0 Å². The lowest BCUT2D eigenvalue weighted by molar-refractivity contribution is -0.0802. The van der Waals surface area contributed by atoms with Crippen LogP contribution in [0.1, 0.15) is 114 Å². The second-order valence-corrected chi connectivity index (χ2v) is 20.3. The molecular weight excluding hydrogens is 964 g/mol. The van der Waals surface area contributed by atoms with E-state index in [1.54, 1.807) is 0 Å². The van der Waals surface area contributed by atoms with Crippen molar-refractivity contribution in [3.63, 3.8) is 0 Å². The van der Waals surface area contributed by atoms with Gasteiger partial charge in [-0.1, -0.05) is 121 Å². The summed E-state index contributed by atoms with van der Waals surface area (Å²) in [6.07, 6.45) is 8.23. The number of phosphoric acid groups is 1. The molecule has 396 valence electrons. The van der Waals surface area contributed by atoms with E-state index in [-0.39, 0.29) is 36.2 Å². The van der Waals surface area contributed by atoms with E-state index in [2.05, 4.69) is 27.1 Å². The number of benzene rings is 1. The number of unbranched alkanes of at least 4 members (excludes halogenated alkanes) is 13. The first kappa shape index (κ1) is 55.6. The summed E-state index contributed by atoms with van der Waals surface area (Å²) < 4.78 is 59.4. The Morgan fingerprint density at radius 2 is 1.14 bits per heavy atom. The van der Waals surface area contributed by atoms with Crippen LogP contribution in [0.4, 0.5) is 11.6 Å². The molecule has 0 bridgehead atoms. The van der Waals surface area contributed by atoms with E-state index in [1.165, 1.54) is 104 Å². The maximum absolute atomic E-state index is 14.9. The fourth-order valence-electron chi connectivity index (χ4n) is 9.26. The van der Waals surface area contributed by atoms with Gasteiger partial charge < -0.3 is 50.8 Å². The molecule has 1 aromatic carbocycles. The fourth-order valence-corrected chi connectivity index (χ4v) is 10.5. The first-order valence-electron chi connectivity index (χ1n) is 25.2. The molecule has 0 aliphatic carbocycles. The summed E-state index contributed by atoms with van der Waals surface area (Å²) in [6.45, 7) is 0.887. The lowest BCUT2D eigenvalue weighted by atomic mass is 9.92. The Labute approximate surface area is 424 Å². The Balaban J connectivity index is 1.02. The van der Waals surface area contributed by atoms with Crippen LogP contribution in [0.5, 0.6) is 0 Å². The predicted molar refractivity (Wildman–Crippen MR) is 265 cm³/mol. The van der Waals surface area contributed by atoms with Gasteiger partial charge in [-0.25, -0.2) is 23.6 Å². The molecule has 22 nitrogen and oxygen atoms in total. The van der Waals surface area contributed by atoms with Gasteiger partial charge >= 0.3 is 7.82 Å². The average molecular weight is 1030 g/mol. The number of ether oxygens (including phenoxy) is 4.